The number of nitrogens with one attached hydrogen (secondary N) is 1. The molecular weight excluding hydrogens is 320 g/mol. The molecule has 1 unspecified atom stereocenters. The monoisotopic (exact) mass is 342 g/mol. The lowest BCUT2D eigenvalue weighted by molar-refractivity contribution is -0.385. The Labute approximate surface area is 146 Å². The topological polar surface area (TPSA) is 80.5 Å². The summed E-state index contributed by atoms with van der Waals surface area (Å²) in [5, 5.41) is 14.1. The molecule has 2 aromatic rings. The minimum atomic E-state index is -0.367. The molecular formula is C18H22N4O3. The maximum absolute atomic E-state index is 10.9. The summed E-state index contributed by atoms with van der Waals surface area (Å²) >= 11 is 0. The summed E-state index contributed by atoms with van der Waals surface area (Å²) in [6.45, 7) is 6.86. The van der Waals surface area contributed by atoms with Crippen molar-refractivity contribution in [1.82, 2.24) is 4.98 Å². The minimum absolute atomic E-state index is 0.135. The van der Waals surface area contributed by atoms with Crippen LogP contribution in [0.1, 0.15) is 18.1 Å². The van der Waals surface area contributed by atoms with Gasteiger partial charge in [-0.3, -0.25) is 10.1 Å². The molecule has 25 heavy (non-hydrogen) atoms. The molecule has 1 atom stereocenters. The zero-order chi connectivity index (χ0) is 17.8. The van der Waals surface area contributed by atoms with E-state index in [1.165, 1.54) is 6.07 Å². The number of pyridine rings is 1. The molecule has 132 valence electrons. The van der Waals surface area contributed by atoms with Gasteiger partial charge in [-0.2, -0.15) is 0 Å². The fourth-order valence-corrected chi connectivity index (χ4v) is 2.91. The van der Waals surface area contributed by atoms with E-state index in [2.05, 4.69) is 22.1 Å². The molecule has 0 radical (unpaired) electrons. The van der Waals surface area contributed by atoms with Crippen molar-refractivity contribution in [2.24, 2.45) is 0 Å². The number of rotatable bonds is 5. The van der Waals surface area contributed by atoms with Crippen LogP contribution < -0.4 is 10.2 Å². The Morgan fingerprint density at radius 2 is 2.24 bits per heavy atom. The number of nitrogens with zero attached hydrogens (tertiary/aromatic N) is 3. The molecule has 1 aromatic heterocycles. The van der Waals surface area contributed by atoms with Crippen molar-refractivity contribution >= 4 is 17.2 Å². The van der Waals surface area contributed by atoms with Crippen molar-refractivity contribution < 1.29 is 9.66 Å². The lowest BCUT2D eigenvalue weighted by Gasteiger charge is -2.32. The highest BCUT2D eigenvalue weighted by Crippen LogP contribution is 2.22. The first kappa shape index (κ1) is 17.2. The smallest absolute Gasteiger partial charge is 0.272 e. The SMILES string of the molecule is Cc1cc(NCc2ccc(N3CCOC(C)C3)nc2)ccc1[N+](=O)[O-]. The van der Waals surface area contributed by atoms with E-state index in [0.717, 1.165) is 36.8 Å². The van der Waals surface area contributed by atoms with Crippen LogP contribution in [0, 0.1) is 17.0 Å². The number of ether oxygens (including phenoxy) is 1. The van der Waals surface area contributed by atoms with Crippen LogP contribution in [0.2, 0.25) is 0 Å². The third-order valence-electron chi connectivity index (χ3n) is 4.26. The third kappa shape index (κ3) is 4.24. The highest BCUT2D eigenvalue weighted by Gasteiger charge is 2.17. The predicted molar refractivity (Wildman–Crippen MR) is 97.0 cm³/mol. The van der Waals surface area contributed by atoms with Crippen molar-refractivity contribution in [2.75, 3.05) is 29.9 Å². The predicted octanol–water partition coefficient (Wildman–Crippen LogP) is 3.14. The summed E-state index contributed by atoms with van der Waals surface area (Å²) in [7, 11) is 0. The molecule has 1 fully saturated rings. The maximum atomic E-state index is 10.9. The highest BCUT2D eigenvalue weighted by atomic mass is 16.6. The Kier molecular flexibility index (Phi) is 5.14. The van der Waals surface area contributed by atoms with Gasteiger partial charge in [-0.05, 0) is 37.6 Å². The Bertz CT molecular complexity index is 748. The minimum Gasteiger partial charge on any atom is -0.381 e. The largest absolute Gasteiger partial charge is 0.381 e. The number of aryl methyl sites for hydroxylation is 1. The van der Waals surface area contributed by atoms with Gasteiger partial charge in [0.15, 0.2) is 0 Å². The molecule has 7 heteroatoms. The zero-order valence-electron chi connectivity index (χ0n) is 14.4. The molecule has 1 saturated heterocycles. The molecule has 1 aliphatic rings. The highest BCUT2D eigenvalue weighted by molar-refractivity contribution is 5.53. The average Bonchev–Trinajstić information content (AvgIpc) is 2.60. The van der Waals surface area contributed by atoms with Crippen LogP contribution in [0.3, 0.4) is 0 Å². The van der Waals surface area contributed by atoms with E-state index in [4.69, 9.17) is 4.74 Å². The van der Waals surface area contributed by atoms with Crippen LogP contribution in [-0.2, 0) is 11.3 Å². The van der Waals surface area contributed by atoms with Crippen LogP contribution in [0.15, 0.2) is 36.5 Å². The average molecular weight is 342 g/mol. The van der Waals surface area contributed by atoms with Crippen molar-refractivity contribution in [2.45, 2.75) is 26.5 Å². The van der Waals surface area contributed by atoms with Gasteiger partial charge < -0.3 is 15.0 Å². The van der Waals surface area contributed by atoms with Crippen molar-refractivity contribution in [3.8, 4) is 0 Å². The maximum Gasteiger partial charge on any atom is 0.272 e. The summed E-state index contributed by atoms with van der Waals surface area (Å²) in [5.74, 6) is 0.963. The van der Waals surface area contributed by atoms with E-state index in [1.807, 2.05) is 18.3 Å². The lowest BCUT2D eigenvalue weighted by Crippen LogP contribution is -2.41. The third-order valence-corrected chi connectivity index (χ3v) is 4.26. The number of nitro groups is 1. The van der Waals surface area contributed by atoms with Gasteiger partial charge in [0.25, 0.3) is 5.69 Å². The quantitative estimate of drug-likeness (QED) is 0.664. The first-order valence-corrected chi connectivity index (χ1v) is 8.33. The van der Waals surface area contributed by atoms with E-state index in [-0.39, 0.29) is 16.7 Å². The molecule has 2 heterocycles. The van der Waals surface area contributed by atoms with Crippen molar-refractivity contribution in [3.05, 3.63) is 57.8 Å². The summed E-state index contributed by atoms with van der Waals surface area (Å²) in [6, 6.07) is 9.11. The van der Waals surface area contributed by atoms with Crippen LogP contribution >= 0.6 is 0 Å². The summed E-state index contributed by atoms with van der Waals surface area (Å²) in [5.41, 5.74) is 2.69. The molecule has 1 aliphatic heterocycles. The molecule has 1 N–H and O–H groups in total. The molecule has 7 nitrogen and oxygen atoms in total. The standard InChI is InChI=1S/C18H22N4O3/c1-13-9-16(4-5-17(13)22(23)24)19-10-15-3-6-18(20-11-15)21-7-8-25-14(2)12-21/h3-6,9,11,14,19H,7-8,10,12H2,1-2H3. The Morgan fingerprint density at radius 1 is 1.40 bits per heavy atom. The zero-order valence-corrected chi connectivity index (χ0v) is 14.4. The first-order valence-electron chi connectivity index (χ1n) is 8.33. The molecule has 0 aliphatic carbocycles. The van der Waals surface area contributed by atoms with E-state index in [1.54, 1.807) is 19.1 Å². The second kappa shape index (κ2) is 7.48. The van der Waals surface area contributed by atoms with E-state index in [0.29, 0.717) is 12.1 Å². The molecule has 1 aromatic carbocycles. The fourth-order valence-electron chi connectivity index (χ4n) is 2.91. The molecule has 0 amide bonds. The number of anilines is 2. The normalized spacial score (nSPS) is 17.4. The Morgan fingerprint density at radius 3 is 2.88 bits per heavy atom. The van der Waals surface area contributed by atoms with E-state index in [9.17, 15) is 10.1 Å². The van der Waals surface area contributed by atoms with Crippen LogP contribution in [0.4, 0.5) is 17.2 Å². The number of hydrogen-bond donors (Lipinski definition) is 1. The van der Waals surface area contributed by atoms with Crippen molar-refractivity contribution in [1.29, 1.82) is 0 Å². The number of aromatic nitrogens is 1. The summed E-state index contributed by atoms with van der Waals surface area (Å²) < 4.78 is 5.55. The van der Waals surface area contributed by atoms with Gasteiger partial charge in [-0.15, -0.1) is 0 Å². The van der Waals surface area contributed by atoms with Gasteiger partial charge in [0.2, 0.25) is 0 Å². The first-order chi connectivity index (χ1) is 12.0. The van der Waals surface area contributed by atoms with Crippen molar-refractivity contribution in [3.63, 3.8) is 0 Å². The number of hydrogen-bond acceptors (Lipinski definition) is 6. The molecule has 3 rings (SSSR count). The summed E-state index contributed by atoms with van der Waals surface area (Å²) in [6.07, 6.45) is 2.09. The Balaban J connectivity index is 1.60. The molecule has 0 saturated carbocycles. The van der Waals surface area contributed by atoms with Gasteiger partial charge in [-0.25, -0.2) is 4.98 Å². The van der Waals surface area contributed by atoms with Gasteiger partial charge in [0.05, 0.1) is 17.6 Å². The van der Waals surface area contributed by atoms with Crippen LogP contribution in [0.25, 0.3) is 0 Å². The Hall–Kier alpha value is -2.67. The molecule has 0 bridgehead atoms. The fraction of sp³-hybridized carbons (Fsp3) is 0.389. The van der Waals surface area contributed by atoms with Crippen LogP contribution in [0.5, 0.6) is 0 Å². The van der Waals surface area contributed by atoms with Gasteiger partial charge >= 0.3 is 0 Å². The van der Waals surface area contributed by atoms with Gasteiger partial charge in [0.1, 0.15) is 5.82 Å². The molecule has 0 spiro atoms. The van der Waals surface area contributed by atoms with Crippen LogP contribution in [-0.4, -0.2) is 35.7 Å². The second-order valence-corrected chi connectivity index (χ2v) is 6.26. The second-order valence-electron chi connectivity index (χ2n) is 6.26. The number of morpholine rings is 1. The lowest BCUT2D eigenvalue weighted by atomic mass is 10.1. The van der Waals surface area contributed by atoms with Gasteiger partial charge in [-0.1, -0.05) is 6.07 Å². The number of nitro benzene ring substituents is 1. The van der Waals surface area contributed by atoms with E-state index < -0.39 is 0 Å². The summed E-state index contributed by atoms with van der Waals surface area (Å²) in [4.78, 5) is 17.3. The van der Waals surface area contributed by atoms with Gasteiger partial charge in [0, 0.05) is 43.1 Å². The number of benzene rings is 1. The van der Waals surface area contributed by atoms with E-state index >= 15 is 0 Å².